The predicted molar refractivity (Wildman–Crippen MR) is 79.8 cm³/mol. The molecule has 0 radical (unpaired) electrons. The highest BCUT2D eigenvalue weighted by molar-refractivity contribution is 7.89. The van der Waals surface area contributed by atoms with Crippen LogP contribution in [0.3, 0.4) is 0 Å². The summed E-state index contributed by atoms with van der Waals surface area (Å²) in [5, 5.41) is 0. The molecule has 2 saturated carbocycles. The van der Waals surface area contributed by atoms with Crippen molar-refractivity contribution >= 4 is 15.8 Å². The summed E-state index contributed by atoms with van der Waals surface area (Å²) in [6, 6.07) is 0. The van der Waals surface area contributed by atoms with Gasteiger partial charge in [-0.1, -0.05) is 19.9 Å². The molecule has 0 amide bonds. The number of carbonyl (C=O) groups is 1. The molecular weight excluding hydrogens is 274 g/mol. The average molecular weight is 299 g/mol. The Morgan fingerprint density at radius 3 is 2.65 bits per heavy atom. The molecule has 4 nitrogen and oxygen atoms in total. The molecule has 1 N–H and O–H groups in total. The zero-order valence-electron chi connectivity index (χ0n) is 12.4. The SMILES string of the molecule is C=CCCCNS(=O)(=O)C[C@]12CC[C@H](CC1=O)C2(C)C. The lowest BCUT2D eigenvalue weighted by Crippen LogP contribution is -2.45. The molecule has 114 valence electrons. The molecular formula is C15H25NO3S. The lowest BCUT2D eigenvalue weighted by Gasteiger charge is -2.36. The third-order valence-electron chi connectivity index (χ3n) is 5.48. The summed E-state index contributed by atoms with van der Waals surface area (Å²) in [5.74, 6) is 0.456. The zero-order chi connectivity index (χ0) is 15.0. The van der Waals surface area contributed by atoms with Crippen LogP contribution < -0.4 is 4.72 Å². The zero-order valence-corrected chi connectivity index (χ0v) is 13.3. The van der Waals surface area contributed by atoms with Gasteiger partial charge in [-0.25, -0.2) is 13.1 Å². The number of unbranched alkanes of at least 4 members (excludes halogenated alkanes) is 1. The lowest BCUT2D eigenvalue weighted by molar-refractivity contribution is -0.128. The fourth-order valence-electron chi connectivity index (χ4n) is 3.96. The number of sulfonamides is 1. The molecule has 0 spiro atoms. The lowest BCUT2D eigenvalue weighted by atomic mass is 9.70. The van der Waals surface area contributed by atoms with Gasteiger partial charge in [-0.15, -0.1) is 6.58 Å². The predicted octanol–water partition coefficient (Wildman–Crippen LogP) is 2.27. The second-order valence-corrected chi connectivity index (χ2v) is 8.56. The number of ketones is 1. The van der Waals surface area contributed by atoms with Gasteiger partial charge in [-0.3, -0.25) is 4.79 Å². The first-order valence-electron chi connectivity index (χ1n) is 7.37. The number of hydrogen-bond donors (Lipinski definition) is 1. The van der Waals surface area contributed by atoms with Gasteiger partial charge in [0.1, 0.15) is 5.78 Å². The Kier molecular flexibility index (Phi) is 4.13. The topological polar surface area (TPSA) is 63.2 Å². The first-order chi connectivity index (χ1) is 9.25. The standard InChI is InChI=1S/C15H25NO3S/c1-4-5-6-9-16-20(18,19)11-15-8-7-12(10-13(15)17)14(15,2)3/h4,12,16H,1,5-11H2,2-3H3/t12-,15-/m1/s1. The molecule has 0 aromatic heterocycles. The summed E-state index contributed by atoms with van der Waals surface area (Å²) >= 11 is 0. The maximum Gasteiger partial charge on any atom is 0.212 e. The number of carbonyl (C=O) groups excluding carboxylic acids is 1. The monoisotopic (exact) mass is 299 g/mol. The summed E-state index contributed by atoms with van der Waals surface area (Å²) in [4.78, 5) is 12.3. The molecule has 2 atom stereocenters. The van der Waals surface area contributed by atoms with Gasteiger partial charge in [0.15, 0.2) is 0 Å². The molecule has 0 unspecified atom stereocenters. The molecule has 2 aliphatic carbocycles. The quantitative estimate of drug-likeness (QED) is 0.579. The minimum absolute atomic E-state index is 0.0452. The van der Waals surface area contributed by atoms with Crippen molar-refractivity contribution in [3.63, 3.8) is 0 Å². The van der Waals surface area contributed by atoms with Crippen LogP contribution in [-0.4, -0.2) is 26.5 Å². The maximum atomic E-state index is 12.3. The van der Waals surface area contributed by atoms with E-state index >= 15 is 0 Å². The fraction of sp³-hybridized carbons (Fsp3) is 0.800. The largest absolute Gasteiger partial charge is 0.299 e. The molecule has 2 aliphatic rings. The molecule has 20 heavy (non-hydrogen) atoms. The summed E-state index contributed by atoms with van der Waals surface area (Å²) < 4.78 is 27.2. The number of Topliss-reactive ketones (excluding diaryl/α,β-unsaturated/α-hetero) is 1. The first kappa shape index (κ1) is 15.7. The van der Waals surface area contributed by atoms with Crippen LogP contribution in [0.5, 0.6) is 0 Å². The number of allylic oxidation sites excluding steroid dienone is 1. The van der Waals surface area contributed by atoms with Gasteiger partial charge in [-0.2, -0.15) is 0 Å². The third-order valence-corrected chi connectivity index (χ3v) is 7.00. The van der Waals surface area contributed by atoms with E-state index in [0.29, 0.717) is 18.9 Å². The van der Waals surface area contributed by atoms with Crippen LogP contribution in [0.25, 0.3) is 0 Å². The van der Waals surface area contributed by atoms with Crippen molar-refractivity contribution < 1.29 is 13.2 Å². The van der Waals surface area contributed by atoms with E-state index in [2.05, 4.69) is 25.1 Å². The molecule has 2 fully saturated rings. The van der Waals surface area contributed by atoms with Crippen LogP contribution in [0.4, 0.5) is 0 Å². The van der Waals surface area contributed by atoms with Gasteiger partial charge >= 0.3 is 0 Å². The van der Waals surface area contributed by atoms with Gasteiger partial charge in [0.2, 0.25) is 10.0 Å². The summed E-state index contributed by atoms with van der Waals surface area (Å²) in [7, 11) is -3.40. The highest BCUT2D eigenvalue weighted by atomic mass is 32.2. The van der Waals surface area contributed by atoms with Crippen molar-refractivity contribution in [3.8, 4) is 0 Å². The molecule has 0 aromatic carbocycles. The Labute approximate surface area is 122 Å². The van der Waals surface area contributed by atoms with Gasteiger partial charge in [0.05, 0.1) is 5.75 Å². The van der Waals surface area contributed by atoms with Gasteiger partial charge in [0, 0.05) is 18.4 Å². The van der Waals surface area contributed by atoms with Crippen molar-refractivity contribution in [3.05, 3.63) is 12.7 Å². The second-order valence-electron chi connectivity index (χ2n) is 6.75. The molecule has 5 heteroatoms. The number of rotatable bonds is 7. The van der Waals surface area contributed by atoms with E-state index in [1.807, 2.05) is 0 Å². The third kappa shape index (κ3) is 2.46. The van der Waals surface area contributed by atoms with Crippen LogP contribution in [0.1, 0.15) is 46.0 Å². The van der Waals surface area contributed by atoms with Gasteiger partial charge in [-0.05, 0) is 37.0 Å². The van der Waals surface area contributed by atoms with Crippen molar-refractivity contribution in [2.75, 3.05) is 12.3 Å². The highest BCUT2D eigenvalue weighted by Crippen LogP contribution is 2.64. The van der Waals surface area contributed by atoms with E-state index < -0.39 is 15.4 Å². The normalized spacial score (nSPS) is 31.7. The maximum absolute atomic E-state index is 12.3. The summed E-state index contributed by atoms with van der Waals surface area (Å²) in [6.45, 7) is 8.15. The number of hydrogen-bond acceptors (Lipinski definition) is 3. The highest BCUT2D eigenvalue weighted by Gasteiger charge is 2.65. The molecule has 0 aromatic rings. The van der Waals surface area contributed by atoms with Crippen molar-refractivity contribution in [1.29, 1.82) is 0 Å². The van der Waals surface area contributed by atoms with E-state index in [9.17, 15) is 13.2 Å². The first-order valence-corrected chi connectivity index (χ1v) is 9.02. The Morgan fingerprint density at radius 1 is 1.45 bits per heavy atom. The summed E-state index contributed by atoms with van der Waals surface area (Å²) in [6.07, 6.45) is 5.56. The van der Waals surface area contributed by atoms with E-state index in [1.165, 1.54) is 0 Å². The smallest absolute Gasteiger partial charge is 0.212 e. The van der Waals surface area contributed by atoms with Crippen LogP contribution >= 0.6 is 0 Å². The van der Waals surface area contributed by atoms with Crippen molar-refractivity contribution in [2.24, 2.45) is 16.7 Å². The molecule has 0 saturated heterocycles. The summed E-state index contributed by atoms with van der Waals surface area (Å²) in [5.41, 5.74) is -0.859. The van der Waals surface area contributed by atoms with Crippen molar-refractivity contribution in [1.82, 2.24) is 4.72 Å². The average Bonchev–Trinajstić information content (AvgIpc) is 2.68. The van der Waals surface area contributed by atoms with Crippen LogP contribution in [0.2, 0.25) is 0 Å². The molecule has 2 rings (SSSR count). The second kappa shape index (κ2) is 5.26. The Hall–Kier alpha value is -0.680. The van der Waals surface area contributed by atoms with Crippen LogP contribution in [0.15, 0.2) is 12.7 Å². The Balaban J connectivity index is 2.08. The molecule has 0 aliphatic heterocycles. The Bertz CT molecular complexity index is 509. The van der Waals surface area contributed by atoms with Crippen LogP contribution in [0, 0.1) is 16.7 Å². The molecule has 0 heterocycles. The molecule has 2 bridgehead atoms. The van der Waals surface area contributed by atoms with Gasteiger partial charge < -0.3 is 0 Å². The fourth-order valence-corrected chi connectivity index (χ4v) is 5.84. The van der Waals surface area contributed by atoms with E-state index in [0.717, 1.165) is 25.7 Å². The number of fused-ring (bicyclic) bond motifs is 2. The minimum atomic E-state index is -3.40. The number of nitrogens with one attached hydrogen (secondary N) is 1. The van der Waals surface area contributed by atoms with Crippen LogP contribution in [-0.2, 0) is 14.8 Å². The van der Waals surface area contributed by atoms with Crippen molar-refractivity contribution in [2.45, 2.75) is 46.0 Å². The van der Waals surface area contributed by atoms with Gasteiger partial charge in [0.25, 0.3) is 0 Å². The minimum Gasteiger partial charge on any atom is -0.299 e. The van der Waals surface area contributed by atoms with E-state index in [1.54, 1.807) is 6.08 Å². The van der Waals surface area contributed by atoms with E-state index in [4.69, 9.17) is 0 Å². The Morgan fingerprint density at radius 2 is 2.15 bits per heavy atom. The van der Waals surface area contributed by atoms with E-state index in [-0.39, 0.29) is 17.0 Å².